The molecule has 23 heavy (non-hydrogen) atoms. The van der Waals surface area contributed by atoms with Gasteiger partial charge in [-0.3, -0.25) is 14.6 Å². The molecule has 7 nitrogen and oxygen atoms in total. The molecule has 0 atom stereocenters. The number of aromatic nitrogens is 1. The Morgan fingerprint density at radius 1 is 1.09 bits per heavy atom. The molecule has 0 saturated carbocycles. The second-order valence-corrected chi connectivity index (χ2v) is 4.54. The number of carbonyl (C=O) groups excluding carboxylic acids is 3. The van der Waals surface area contributed by atoms with E-state index in [1.807, 2.05) is 0 Å². The van der Waals surface area contributed by atoms with E-state index in [1.165, 1.54) is 31.4 Å². The van der Waals surface area contributed by atoms with Crippen LogP contribution in [0.25, 0.3) is 0 Å². The van der Waals surface area contributed by atoms with E-state index in [1.54, 1.807) is 24.5 Å². The molecule has 2 aromatic rings. The van der Waals surface area contributed by atoms with Crippen LogP contribution in [-0.4, -0.2) is 36.3 Å². The predicted octanol–water partition coefficient (Wildman–Crippen LogP) is 1.49. The average Bonchev–Trinajstić information content (AvgIpc) is 2.60. The quantitative estimate of drug-likeness (QED) is 0.619. The molecule has 0 bridgehead atoms. The number of nitrogens with zero attached hydrogens (tertiary/aromatic N) is 1. The lowest BCUT2D eigenvalue weighted by atomic mass is 10.2. The summed E-state index contributed by atoms with van der Waals surface area (Å²) in [5.74, 6) is -1.84. The summed E-state index contributed by atoms with van der Waals surface area (Å²) in [5.41, 5.74) is 1.42. The molecule has 118 valence electrons. The fraction of sp³-hybridized carbons (Fsp3) is 0.125. The van der Waals surface area contributed by atoms with Gasteiger partial charge in [0.2, 0.25) is 5.78 Å². The normalized spacial score (nSPS) is 9.78. The lowest BCUT2D eigenvalue weighted by Crippen LogP contribution is -2.28. The van der Waals surface area contributed by atoms with Crippen molar-refractivity contribution >= 4 is 29.0 Å². The standard InChI is InChI=1S/C16H15N3O4/c1-23-16(22)11-4-6-12(7-5-11)19-15(21)14(20)10-18-13-3-2-8-17-9-13/h2-9,18H,10H2,1H3,(H,19,21). The fourth-order valence-electron chi connectivity index (χ4n) is 1.74. The second kappa shape index (κ2) is 7.69. The minimum absolute atomic E-state index is 0.141. The van der Waals surface area contributed by atoms with Gasteiger partial charge in [0.25, 0.3) is 5.91 Å². The van der Waals surface area contributed by atoms with Gasteiger partial charge in [0.1, 0.15) is 0 Å². The highest BCUT2D eigenvalue weighted by molar-refractivity contribution is 6.41. The van der Waals surface area contributed by atoms with Crippen molar-refractivity contribution in [2.24, 2.45) is 0 Å². The summed E-state index contributed by atoms with van der Waals surface area (Å²) < 4.78 is 4.58. The molecule has 0 aliphatic heterocycles. The lowest BCUT2D eigenvalue weighted by molar-refractivity contribution is -0.133. The Morgan fingerprint density at radius 3 is 2.43 bits per heavy atom. The van der Waals surface area contributed by atoms with Gasteiger partial charge in [-0.05, 0) is 36.4 Å². The summed E-state index contributed by atoms with van der Waals surface area (Å²) >= 11 is 0. The maximum atomic E-state index is 11.8. The van der Waals surface area contributed by atoms with E-state index in [-0.39, 0.29) is 6.54 Å². The second-order valence-electron chi connectivity index (χ2n) is 4.54. The molecule has 0 aliphatic rings. The molecule has 2 rings (SSSR count). The number of carbonyl (C=O) groups is 3. The van der Waals surface area contributed by atoms with Crippen LogP contribution in [0.15, 0.2) is 48.8 Å². The van der Waals surface area contributed by atoms with E-state index < -0.39 is 17.7 Å². The molecule has 0 radical (unpaired) electrons. The molecule has 0 aliphatic carbocycles. The smallest absolute Gasteiger partial charge is 0.337 e. The topological polar surface area (TPSA) is 97.4 Å². The highest BCUT2D eigenvalue weighted by Crippen LogP contribution is 2.10. The predicted molar refractivity (Wildman–Crippen MR) is 84.1 cm³/mol. The summed E-state index contributed by atoms with van der Waals surface area (Å²) in [6.07, 6.45) is 3.16. The Labute approximate surface area is 132 Å². The molecule has 0 saturated heterocycles. The van der Waals surface area contributed by atoms with Crippen molar-refractivity contribution in [1.29, 1.82) is 0 Å². The molecule has 2 N–H and O–H groups in total. The Balaban J connectivity index is 1.88. The molecule has 1 heterocycles. The van der Waals surface area contributed by atoms with Gasteiger partial charge in [-0.25, -0.2) is 4.79 Å². The van der Waals surface area contributed by atoms with Gasteiger partial charge in [-0.1, -0.05) is 0 Å². The van der Waals surface area contributed by atoms with Crippen LogP contribution in [0.1, 0.15) is 10.4 Å². The highest BCUT2D eigenvalue weighted by atomic mass is 16.5. The van der Waals surface area contributed by atoms with Crippen molar-refractivity contribution in [3.05, 3.63) is 54.4 Å². The monoisotopic (exact) mass is 313 g/mol. The third-order valence-electron chi connectivity index (χ3n) is 2.93. The van der Waals surface area contributed by atoms with Crippen molar-refractivity contribution in [2.45, 2.75) is 0 Å². The number of Topliss-reactive ketones (excluding diaryl/α,β-unsaturated/α-hetero) is 1. The van der Waals surface area contributed by atoms with Gasteiger partial charge >= 0.3 is 5.97 Å². The highest BCUT2D eigenvalue weighted by Gasteiger charge is 2.14. The maximum Gasteiger partial charge on any atom is 0.337 e. The van der Waals surface area contributed by atoms with E-state index in [4.69, 9.17) is 0 Å². The van der Waals surface area contributed by atoms with Gasteiger partial charge < -0.3 is 15.4 Å². The van der Waals surface area contributed by atoms with Crippen LogP contribution >= 0.6 is 0 Å². The number of hydrogen-bond acceptors (Lipinski definition) is 6. The van der Waals surface area contributed by atoms with E-state index in [0.29, 0.717) is 16.9 Å². The number of nitrogens with one attached hydrogen (secondary N) is 2. The van der Waals surface area contributed by atoms with E-state index in [2.05, 4.69) is 20.4 Å². The molecule has 7 heteroatoms. The summed E-state index contributed by atoms with van der Waals surface area (Å²) in [4.78, 5) is 38.8. The molecular weight excluding hydrogens is 298 g/mol. The van der Waals surface area contributed by atoms with E-state index in [9.17, 15) is 14.4 Å². The first-order valence-corrected chi connectivity index (χ1v) is 6.76. The SMILES string of the molecule is COC(=O)c1ccc(NC(=O)C(=O)CNc2cccnc2)cc1. The first-order chi connectivity index (χ1) is 11.1. The number of anilines is 2. The van der Waals surface area contributed by atoms with Crippen LogP contribution in [-0.2, 0) is 14.3 Å². The minimum Gasteiger partial charge on any atom is -0.465 e. The van der Waals surface area contributed by atoms with Crippen LogP contribution in [0.2, 0.25) is 0 Å². The third-order valence-corrected chi connectivity index (χ3v) is 2.93. The number of esters is 1. The van der Waals surface area contributed by atoms with Gasteiger partial charge in [0.15, 0.2) is 0 Å². The zero-order chi connectivity index (χ0) is 16.7. The first kappa shape index (κ1) is 16.2. The maximum absolute atomic E-state index is 11.8. The fourth-order valence-corrected chi connectivity index (χ4v) is 1.74. The van der Waals surface area contributed by atoms with E-state index in [0.717, 1.165) is 0 Å². The molecule has 0 fully saturated rings. The minimum atomic E-state index is -0.743. The molecule has 1 amide bonds. The van der Waals surface area contributed by atoms with E-state index >= 15 is 0 Å². The van der Waals surface area contributed by atoms with Crippen molar-refractivity contribution < 1.29 is 19.1 Å². The van der Waals surface area contributed by atoms with Gasteiger partial charge in [0.05, 0.1) is 24.9 Å². The van der Waals surface area contributed by atoms with Crippen LogP contribution in [0, 0.1) is 0 Å². The number of ketones is 1. The van der Waals surface area contributed by atoms with Crippen molar-refractivity contribution in [1.82, 2.24) is 4.98 Å². The molecule has 0 spiro atoms. The van der Waals surface area contributed by atoms with Gasteiger partial charge in [-0.15, -0.1) is 0 Å². The number of ether oxygens (including phenoxy) is 1. The largest absolute Gasteiger partial charge is 0.465 e. The van der Waals surface area contributed by atoms with Crippen LogP contribution in [0.3, 0.4) is 0 Å². The number of amides is 1. The molecular formula is C16H15N3O4. The van der Waals surface area contributed by atoms with Crippen LogP contribution in [0.5, 0.6) is 0 Å². The summed E-state index contributed by atoms with van der Waals surface area (Å²) in [6.45, 7) is -0.141. The Hall–Kier alpha value is -3.22. The zero-order valence-corrected chi connectivity index (χ0v) is 12.4. The first-order valence-electron chi connectivity index (χ1n) is 6.76. The summed E-state index contributed by atoms with van der Waals surface area (Å²) in [6, 6.07) is 9.50. The summed E-state index contributed by atoms with van der Waals surface area (Å²) in [7, 11) is 1.28. The third kappa shape index (κ3) is 4.63. The number of benzene rings is 1. The zero-order valence-electron chi connectivity index (χ0n) is 12.4. The average molecular weight is 313 g/mol. The number of pyridine rings is 1. The number of hydrogen-bond donors (Lipinski definition) is 2. The molecule has 0 unspecified atom stereocenters. The summed E-state index contributed by atoms with van der Waals surface area (Å²) in [5, 5.41) is 5.27. The molecule has 1 aromatic carbocycles. The Morgan fingerprint density at radius 2 is 1.83 bits per heavy atom. The van der Waals surface area contributed by atoms with Gasteiger partial charge in [0, 0.05) is 18.1 Å². The Kier molecular flexibility index (Phi) is 5.40. The van der Waals surface area contributed by atoms with Crippen molar-refractivity contribution in [3.8, 4) is 0 Å². The number of rotatable bonds is 6. The van der Waals surface area contributed by atoms with Crippen LogP contribution < -0.4 is 10.6 Å². The van der Waals surface area contributed by atoms with Crippen molar-refractivity contribution in [3.63, 3.8) is 0 Å². The van der Waals surface area contributed by atoms with Gasteiger partial charge in [-0.2, -0.15) is 0 Å². The molecule has 1 aromatic heterocycles. The van der Waals surface area contributed by atoms with Crippen molar-refractivity contribution in [2.75, 3.05) is 24.3 Å². The lowest BCUT2D eigenvalue weighted by Gasteiger charge is -2.07. The number of methoxy groups -OCH3 is 1. The van der Waals surface area contributed by atoms with Crippen LogP contribution in [0.4, 0.5) is 11.4 Å². The Bertz CT molecular complexity index is 699.